The van der Waals surface area contributed by atoms with E-state index in [9.17, 15) is 13.2 Å². The van der Waals surface area contributed by atoms with E-state index >= 15 is 0 Å². The monoisotopic (exact) mass is 355 g/mol. The van der Waals surface area contributed by atoms with E-state index in [0.717, 1.165) is 0 Å². The first kappa shape index (κ1) is 16.4. The highest BCUT2D eigenvalue weighted by Gasteiger charge is 2.31. The normalized spacial score (nSPS) is 11.8. The average molecular weight is 355 g/mol. The number of alkyl halides is 3. The fraction of sp³-hybridized carbons (Fsp3) is 0.214. The van der Waals surface area contributed by atoms with E-state index in [4.69, 9.17) is 5.73 Å². The first-order valence-electron chi connectivity index (χ1n) is 6.88. The van der Waals surface area contributed by atoms with Gasteiger partial charge >= 0.3 is 6.36 Å². The molecule has 10 heteroatoms. The first-order chi connectivity index (χ1) is 11.4. The number of aromatic nitrogens is 4. The molecule has 0 aliphatic rings. The van der Waals surface area contributed by atoms with Crippen LogP contribution in [0.5, 0.6) is 5.75 Å². The van der Waals surface area contributed by atoms with E-state index < -0.39 is 6.36 Å². The number of rotatable bonds is 4. The van der Waals surface area contributed by atoms with Crippen molar-refractivity contribution in [2.24, 2.45) is 0 Å². The van der Waals surface area contributed by atoms with Crippen LogP contribution in [0, 0.1) is 0 Å². The standard InChI is InChI=1S/C14H12F3N5OS/c1-2-22-12-10(11(18)19-7-20-12)13(21-22)24-9-5-3-4-8(6-9)23-14(15,16)17/h3-7H,2H2,1H3,(H2,18,19,20). The molecule has 0 saturated carbocycles. The Labute approximate surface area is 138 Å². The summed E-state index contributed by atoms with van der Waals surface area (Å²) in [4.78, 5) is 8.64. The molecule has 0 saturated heterocycles. The van der Waals surface area contributed by atoms with Gasteiger partial charge < -0.3 is 10.5 Å². The molecule has 0 unspecified atom stereocenters. The highest BCUT2D eigenvalue weighted by molar-refractivity contribution is 7.99. The molecule has 2 heterocycles. The van der Waals surface area contributed by atoms with Crippen LogP contribution >= 0.6 is 11.8 Å². The van der Waals surface area contributed by atoms with Crippen molar-refractivity contribution in [1.29, 1.82) is 0 Å². The Morgan fingerprint density at radius 1 is 1.29 bits per heavy atom. The van der Waals surface area contributed by atoms with Crippen molar-refractivity contribution in [2.45, 2.75) is 29.8 Å². The van der Waals surface area contributed by atoms with E-state index in [1.165, 1.54) is 36.3 Å². The Morgan fingerprint density at radius 2 is 2.08 bits per heavy atom. The van der Waals surface area contributed by atoms with Crippen molar-refractivity contribution in [3.63, 3.8) is 0 Å². The van der Waals surface area contributed by atoms with Crippen molar-refractivity contribution in [2.75, 3.05) is 5.73 Å². The van der Waals surface area contributed by atoms with E-state index in [1.807, 2.05) is 6.92 Å². The molecule has 0 spiro atoms. The summed E-state index contributed by atoms with van der Waals surface area (Å²) in [6.45, 7) is 2.47. The van der Waals surface area contributed by atoms with E-state index in [1.54, 1.807) is 10.7 Å². The number of anilines is 1. The van der Waals surface area contributed by atoms with Gasteiger partial charge in [-0.3, -0.25) is 0 Å². The lowest BCUT2D eigenvalue weighted by atomic mass is 10.3. The van der Waals surface area contributed by atoms with Crippen LogP contribution in [0.2, 0.25) is 0 Å². The Morgan fingerprint density at radius 3 is 2.79 bits per heavy atom. The van der Waals surface area contributed by atoms with E-state index in [0.29, 0.717) is 27.5 Å². The summed E-state index contributed by atoms with van der Waals surface area (Å²) in [5.41, 5.74) is 6.48. The van der Waals surface area contributed by atoms with Crippen LogP contribution in [0.15, 0.2) is 40.5 Å². The highest BCUT2D eigenvalue weighted by atomic mass is 32.2. The summed E-state index contributed by atoms with van der Waals surface area (Å²) >= 11 is 1.17. The summed E-state index contributed by atoms with van der Waals surface area (Å²) in [6, 6.07) is 5.65. The molecule has 1 aromatic carbocycles. The molecule has 3 aromatic rings. The lowest BCUT2D eigenvalue weighted by Gasteiger charge is -2.09. The Hall–Kier alpha value is -2.49. The maximum atomic E-state index is 12.3. The maximum Gasteiger partial charge on any atom is 0.573 e. The third-order valence-electron chi connectivity index (χ3n) is 3.08. The van der Waals surface area contributed by atoms with Gasteiger partial charge in [0.05, 0.1) is 5.39 Å². The van der Waals surface area contributed by atoms with Crippen molar-refractivity contribution in [3.05, 3.63) is 30.6 Å². The summed E-state index contributed by atoms with van der Waals surface area (Å²) in [5, 5.41) is 5.50. The van der Waals surface area contributed by atoms with Crippen molar-refractivity contribution >= 4 is 28.6 Å². The quantitative estimate of drug-likeness (QED) is 0.772. The third-order valence-corrected chi connectivity index (χ3v) is 4.05. The number of hydrogen-bond donors (Lipinski definition) is 1. The number of fused-ring (bicyclic) bond motifs is 1. The van der Waals surface area contributed by atoms with Gasteiger partial charge in [0.2, 0.25) is 0 Å². The molecule has 126 valence electrons. The minimum Gasteiger partial charge on any atom is -0.406 e. The van der Waals surface area contributed by atoms with E-state index in [2.05, 4.69) is 19.8 Å². The molecule has 0 atom stereocenters. The summed E-state index contributed by atoms with van der Waals surface area (Å²) in [5.74, 6) is -0.0270. The van der Waals surface area contributed by atoms with Crippen LogP contribution in [0.1, 0.15) is 6.92 Å². The Balaban J connectivity index is 1.97. The van der Waals surface area contributed by atoms with Gasteiger partial charge in [0.25, 0.3) is 0 Å². The number of benzene rings is 1. The van der Waals surface area contributed by atoms with E-state index in [-0.39, 0.29) is 11.6 Å². The first-order valence-corrected chi connectivity index (χ1v) is 7.69. The zero-order chi connectivity index (χ0) is 17.3. The topological polar surface area (TPSA) is 78.9 Å². The molecule has 0 aliphatic carbocycles. The fourth-order valence-electron chi connectivity index (χ4n) is 2.14. The van der Waals surface area contributed by atoms with Crippen LogP contribution in [0.4, 0.5) is 19.0 Å². The number of nitrogens with zero attached hydrogens (tertiary/aromatic N) is 4. The van der Waals surface area contributed by atoms with Crippen molar-refractivity contribution < 1.29 is 17.9 Å². The second-order valence-electron chi connectivity index (χ2n) is 4.70. The minimum absolute atomic E-state index is 0.268. The number of aryl methyl sites for hydroxylation is 1. The van der Waals surface area contributed by atoms with Crippen LogP contribution in [0.25, 0.3) is 11.0 Å². The van der Waals surface area contributed by atoms with Gasteiger partial charge in [0.15, 0.2) is 5.65 Å². The Kier molecular flexibility index (Phi) is 4.22. The SMILES string of the molecule is CCn1nc(Sc2cccc(OC(F)(F)F)c2)c2c(N)ncnc21. The van der Waals surface area contributed by atoms with Crippen molar-refractivity contribution in [3.8, 4) is 5.75 Å². The van der Waals surface area contributed by atoms with Gasteiger partial charge in [-0.25, -0.2) is 14.6 Å². The van der Waals surface area contributed by atoms with Gasteiger partial charge in [0, 0.05) is 11.4 Å². The molecular weight excluding hydrogens is 343 g/mol. The number of nitrogen functional groups attached to an aromatic ring is 1. The summed E-state index contributed by atoms with van der Waals surface area (Å²) in [7, 11) is 0. The van der Waals surface area contributed by atoms with Crippen LogP contribution in [0.3, 0.4) is 0 Å². The molecule has 0 bridgehead atoms. The predicted molar refractivity (Wildman–Crippen MR) is 82.7 cm³/mol. The lowest BCUT2D eigenvalue weighted by molar-refractivity contribution is -0.274. The van der Waals surface area contributed by atoms with Gasteiger partial charge in [-0.1, -0.05) is 17.8 Å². The number of ether oxygens (including phenoxy) is 1. The smallest absolute Gasteiger partial charge is 0.406 e. The molecule has 0 amide bonds. The highest BCUT2D eigenvalue weighted by Crippen LogP contribution is 2.36. The second-order valence-corrected chi connectivity index (χ2v) is 5.77. The Bertz CT molecular complexity index is 880. The zero-order valence-electron chi connectivity index (χ0n) is 12.4. The minimum atomic E-state index is -4.74. The second kappa shape index (κ2) is 6.19. The van der Waals surface area contributed by atoms with Gasteiger partial charge in [-0.05, 0) is 25.1 Å². The number of hydrogen-bond acceptors (Lipinski definition) is 6. The molecule has 24 heavy (non-hydrogen) atoms. The molecule has 0 radical (unpaired) electrons. The molecule has 0 fully saturated rings. The molecule has 6 nitrogen and oxygen atoms in total. The fourth-order valence-corrected chi connectivity index (χ4v) is 3.12. The number of nitrogens with two attached hydrogens (primary N) is 1. The van der Waals surface area contributed by atoms with Crippen molar-refractivity contribution in [1.82, 2.24) is 19.7 Å². The zero-order valence-corrected chi connectivity index (χ0v) is 13.2. The molecule has 2 aromatic heterocycles. The largest absolute Gasteiger partial charge is 0.573 e. The van der Waals surface area contributed by atoms with Gasteiger partial charge in [0.1, 0.15) is 22.9 Å². The summed E-state index contributed by atoms with van der Waals surface area (Å²) < 4.78 is 42.6. The molecule has 0 aliphatic heterocycles. The summed E-state index contributed by atoms with van der Waals surface area (Å²) in [6.07, 6.45) is -3.39. The third kappa shape index (κ3) is 3.37. The number of halogens is 3. The maximum absolute atomic E-state index is 12.3. The predicted octanol–water partition coefficient (Wildman–Crippen LogP) is 3.48. The molecular formula is C14H12F3N5OS. The average Bonchev–Trinajstić information content (AvgIpc) is 2.85. The van der Waals surface area contributed by atoms with Gasteiger partial charge in [-0.15, -0.1) is 13.2 Å². The molecule has 2 N–H and O–H groups in total. The van der Waals surface area contributed by atoms with Crippen LogP contribution in [-0.4, -0.2) is 26.1 Å². The van der Waals surface area contributed by atoms with Crippen LogP contribution in [-0.2, 0) is 6.54 Å². The lowest BCUT2D eigenvalue weighted by Crippen LogP contribution is -2.17. The van der Waals surface area contributed by atoms with Gasteiger partial charge in [-0.2, -0.15) is 5.10 Å². The molecule has 3 rings (SSSR count). The van der Waals surface area contributed by atoms with Crippen LogP contribution < -0.4 is 10.5 Å².